The number of thiocarbonyl (C=S) groups is 2. The second-order valence-electron chi connectivity index (χ2n) is 6.61. The Bertz CT molecular complexity index is 940. The lowest BCUT2D eigenvalue weighted by molar-refractivity contribution is 0.200. The van der Waals surface area contributed by atoms with Gasteiger partial charge in [-0.1, -0.05) is 46.4 Å². The third-order valence-corrected chi connectivity index (χ3v) is 6.69. The van der Waals surface area contributed by atoms with Crippen LogP contribution in [0.2, 0.25) is 20.1 Å². The van der Waals surface area contributed by atoms with E-state index in [0.717, 1.165) is 31.0 Å². The molecule has 0 aromatic heterocycles. The molecule has 1 unspecified atom stereocenters. The molecule has 0 amide bonds. The number of nitrogens with zero attached hydrogens (tertiary/aromatic N) is 2. The average Bonchev–Trinajstić information content (AvgIpc) is 2.67. The lowest BCUT2D eigenvalue weighted by Gasteiger charge is -2.42. The topological polar surface area (TPSA) is 30.5 Å². The molecule has 10 heteroatoms. The van der Waals surface area contributed by atoms with Crippen molar-refractivity contribution < 1.29 is 0 Å². The zero-order valence-electron chi connectivity index (χ0n) is 15.4. The highest BCUT2D eigenvalue weighted by Gasteiger charge is 2.27. The van der Waals surface area contributed by atoms with Gasteiger partial charge >= 0.3 is 0 Å². The third-order valence-electron chi connectivity index (χ3n) is 4.52. The Morgan fingerprint density at radius 3 is 1.83 bits per heavy atom. The third kappa shape index (κ3) is 5.78. The van der Waals surface area contributed by atoms with E-state index in [2.05, 4.69) is 27.4 Å². The Morgan fingerprint density at radius 2 is 1.34 bits per heavy atom. The first-order chi connectivity index (χ1) is 13.7. The van der Waals surface area contributed by atoms with E-state index in [-0.39, 0.29) is 6.04 Å². The molecular weight excluding hydrogens is 490 g/mol. The van der Waals surface area contributed by atoms with Gasteiger partial charge in [-0.05, 0) is 67.8 Å². The van der Waals surface area contributed by atoms with Crippen LogP contribution in [0.25, 0.3) is 0 Å². The van der Waals surface area contributed by atoms with Crippen LogP contribution in [-0.4, -0.2) is 45.7 Å². The lowest BCUT2D eigenvalue weighted by Crippen LogP contribution is -2.57. The van der Waals surface area contributed by atoms with Gasteiger partial charge in [0, 0.05) is 37.1 Å². The summed E-state index contributed by atoms with van der Waals surface area (Å²) >= 11 is 35.2. The zero-order valence-corrected chi connectivity index (χ0v) is 20.0. The lowest BCUT2D eigenvalue weighted by atomic mass is 10.2. The van der Waals surface area contributed by atoms with Gasteiger partial charge in [0.05, 0.1) is 20.1 Å². The van der Waals surface area contributed by atoms with E-state index in [4.69, 9.17) is 70.8 Å². The van der Waals surface area contributed by atoms with Crippen molar-refractivity contribution in [1.82, 2.24) is 9.80 Å². The quantitative estimate of drug-likeness (QED) is 0.457. The molecule has 2 N–H and O–H groups in total. The predicted molar refractivity (Wildman–Crippen MR) is 133 cm³/mol. The second kappa shape index (κ2) is 9.86. The SMILES string of the molecule is CC1CN(C(=S)Nc2ccc(Cl)c(Cl)c2)CCN1C(=S)Nc1ccc(Cl)c(Cl)c1. The Hall–Kier alpha value is -1.02. The fraction of sp³-hybridized carbons (Fsp3) is 0.263. The fourth-order valence-corrected chi connectivity index (χ4v) is 4.26. The molecular formula is C19H18Cl4N4S2. The predicted octanol–water partition coefficient (Wildman–Crippen LogP) is 6.40. The van der Waals surface area contributed by atoms with E-state index >= 15 is 0 Å². The van der Waals surface area contributed by atoms with Crippen molar-refractivity contribution in [2.24, 2.45) is 0 Å². The molecule has 1 aliphatic rings. The first-order valence-corrected chi connectivity index (χ1v) is 11.1. The molecule has 0 radical (unpaired) electrons. The van der Waals surface area contributed by atoms with Crippen LogP contribution in [-0.2, 0) is 0 Å². The Balaban J connectivity index is 1.57. The van der Waals surface area contributed by atoms with Crippen molar-refractivity contribution in [2.45, 2.75) is 13.0 Å². The standard InChI is InChI=1S/C19H18Cl4N4S2/c1-11-10-26(18(28)24-12-2-4-14(20)16(22)8-12)6-7-27(11)19(29)25-13-3-5-15(21)17(23)9-13/h2-5,8-9,11H,6-7,10H2,1H3,(H,24,28)(H,25,29). The van der Waals surface area contributed by atoms with Gasteiger partial charge in [-0.25, -0.2) is 0 Å². The van der Waals surface area contributed by atoms with Gasteiger partial charge in [-0.15, -0.1) is 0 Å². The highest BCUT2D eigenvalue weighted by molar-refractivity contribution is 7.80. The highest BCUT2D eigenvalue weighted by Crippen LogP contribution is 2.26. The summed E-state index contributed by atoms with van der Waals surface area (Å²) in [5, 5.41) is 9.70. The maximum Gasteiger partial charge on any atom is 0.173 e. The van der Waals surface area contributed by atoms with E-state index in [1.165, 1.54) is 0 Å². The number of piperazine rings is 1. The second-order valence-corrected chi connectivity index (χ2v) is 9.01. The Morgan fingerprint density at radius 1 is 0.828 bits per heavy atom. The minimum Gasteiger partial charge on any atom is -0.345 e. The number of benzene rings is 2. The van der Waals surface area contributed by atoms with Crippen LogP contribution in [0, 0.1) is 0 Å². The normalized spacial score (nSPS) is 16.5. The first kappa shape index (κ1) is 22.7. The molecule has 4 nitrogen and oxygen atoms in total. The highest BCUT2D eigenvalue weighted by atomic mass is 35.5. The first-order valence-electron chi connectivity index (χ1n) is 8.78. The summed E-state index contributed by atoms with van der Waals surface area (Å²) in [7, 11) is 0. The zero-order chi connectivity index (χ0) is 21.1. The minimum absolute atomic E-state index is 0.167. The smallest absolute Gasteiger partial charge is 0.173 e. The van der Waals surface area contributed by atoms with E-state index < -0.39 is 0 Å². The number of rotatable bonds is 2. The maximum atomic E-state index is 6.08. The van der Waals surface area contributed by atoms with Crippen molar-refractivity contribution in [1.29, 1.82) is 0 Å². The van der Waals surface area contributed by atoms with Crippen LogP contribution in [0.3, 0.4) is 0 Å². The average molecular weight is 508 g/mol. The molecule has 1 atom stereocenters. The van der Waals surface area contributed by atoms with Crippen molar-refractivity contribution >= 4 is 92.4 Å². The van der Waals surface area contributed by atoms with Crippen LogP contribution in [0.4, 0.5) is 11.4 Å². The van der Waals surface area contributed by atoms with Crippen LogP contribution in [0.5, 0.6) is 0 Å². The molecule has 0 aliphatic carbocycles. The molecule has 0 bridgehead atoms. The van der Waals surface area contributed by atoms with Gasteiger partial charge in [0.15, 0.2) is 10.2 Å². The van der Waals surface area contributed by atoms with Gasteiger partial charge in [0.1, 0.15) is 0 Å². The van der Waals surface area contributed by atoms with Crippen molar-refractivity contribution in [3.8, 4) is 0 Å². The molecule has 154 valence electrons. The van der Waals surface area contributed by atoms with Gasteiger partial charge in [0.25, 0.3) is 0 Å². The molecule has 2 aromatic carbocycles. The van der Waals surface area contributed by atoms with Gasteiger partial charge in [0.2, 0.25) is 0 Å². The molecule has 1 fully saturated rings. The van der Waals surface area contributed by atoms with E-state index in [9.17, 15) is 0 Å². The fourth-order valence-electron chi connectivity index (χ4n) is 2.99. The Kier molecular flexibility index (Phi) is 7.70. The monoisotopic (exact) mass is 506 g/mol. The van der Waals surface area contributed by atoms with Gasteiger partial charge in [-0.3, -0.25) is 0 Å². The van der Waals surface area contributed by atoms with Crippen LogP contribution in [0.1, 0.15) is 6.92 Å². The van der Waals surface area contributed by atoms with Crippen LogP contribution in [0.15, 0.2) is 36.4 Å². The molecule has 1 heterocycles. The molecule has 0 saturated carbocycles. The minimum atomic E-state index is 0.167. The molecule has 0 spiro atoms. The Labute approximate surface area is 201 Å². The number of hydrogen-bond donors (Lipinski definition) is 2. The summed E-state index contributed by atoms with van der Waals surface area (Å²) < 4.78 is 0. The van der Waals surface area contributed by atoms with Crippen LogP contribution < -0.4 is 10.6 Å². The largest absolute Gasteiger partial charge is 0.345 e. The number of halogens is 4. The van der Waals surface area contributed by atoms with Crippen molar-refractivity contribution in [2.75, 3.05) is 30.3 Å². The summed E-state index contributed by atoms with van der Waals surface area (Å²) in [4.78, 5) is 4.25. The maximum absolute atomic E-state index is 6.08. The summed E-state index contributed by atoms with van der Waals surface area (Å²) in [6.45, 7) is 4.31. The summed E-state index contributed by atoms with van der Waals surface area (Å²) in [5.74, 6) is 0. The van der Waals surface area contributed by atoms with Crippen LogP contribution >= 0.6 is 70.8 Å². The number of hydrogen-bond acceptors (Lipinski definition) is 2. The van der Waals surface area contributed by atoms with Gasteiger partial charge < -0.3 is 20.4 Å². The van der Waals surface area contributed by atoms with E-state index in [1.54, 1.807) is 24.3 Å². The van der Waals surface area contributed by atoms with Crippen molar-refractivity contribution in [3.63, 3.8) is 0 Å². The molecule has 29 heavy (non-hydrogen) atoms. The molecule has 3 rings (SSSR count). The number of nitrogens with one attached hydrogen (secondary N) is 2. The summed E-state index contributed by atoms with van der Waals surface area (Å²) in [5.41, 5.74) is 1.60. The molecule has 2 aromatic rings. The van der Waals surface area contributed by atoms with Gasteiger partial charge in [-0.2, -0.15) is 0 Å². The number of anilines is 2. The van der Waals surface area contributed by atoms with E-state index in [0.29, 0.717) is 30.3 Å². The van der Waals surface area contributed by atoms with Crippen molar-refractivity contribution in [3.05, 3.63) is 56.5 Å². The molecule has 1 aliphatic heterocycles. The summed E-state index contributed by atoms with van der Waals surface area (Å²) in [6, 6.07) is 10.8. The summed E-state index contributed by atoms with van der Waals surface area (Å²) in [6.07, 6.45) is 0. The molecule has 1 saturated heterocycles. The van der Waals surface area contributed by atoms with E-state index in [1.807, 2.05) is 12.1 Å².